The van der Waals surface area contributed by atoms with Gasteiger partial charge in [-0.15, -0.1) is 0 Å². The van der Waals surface area contributed by atoms with Crippen LogP contribution in [0.3, 0.4) is 0 Å². The molecule has 74 valence electrons. The number of rotatable bonds is 5. The molecule has 0 saturated heterocycles. The van der Waals surface area contributed by atoms with Gasteiger partial charge in [-0.1, -0.05) is 6.92 Å². The average molecular weight is 184 g/mol. The minimum Gasteiger partial charge on any atom is -0.469 e. The molecule has 0 atom stereocenters. The van der Waals surface area contributed by atoms with Crippen LogP contribution in [0.25, 0.3) is 0 Å². The molecule has 0 aromatic carbocycles. The molecule has 0 radical (unpaired) electrons. The van der Waals surface area contributed by atoms with Crippen LogP contribution in [0.5, 0.6) is 0 Å². The Morgan fingerprint density at radius 3 is 2.46 bits per heavy atom. The van der Waals surface area contributed by atoms with E-state index in [4.69, 9.17) is 4.42 Å². The fourth-order valence-corrected chi connectivity index (χ4v) is 1.29. The molecule has 0 spiro atoms. The van der Waals surface area contributed by atoms with Crippen LogP contribution < -0.4 is 0 Å². The van der Waals surface area contributed by atoms with Gasteiger partial charge < -0.3 is 14.6 Å². The molecule has 2 N–H and O–H groups in total. The number of hydrogen-bond donors (Lipinski definition) is 2. The van der Waals surface area contributed by atoms with Gasteiger partial charge in [-0.25, -0.2) is 0 Å². The molecule has 0 fully saturated rings. The largest absolute Gasteiger partial charge is 0.469 e. The van der Waals surface area contributed by atoms with Gasteiger partial charge in [0, 0.05) is 11.8 Å². The van der Waals surface area contributed by atoms with E-state index in [2.05, 4.69) is 0 Å². The zero-order chi connectivity index (χ0) is 9.73. The Labute approximate surface area is 78.0 Å². The first-order chi connectivity index (χ1) is 6.26. The molecule has 0 aliphatic heterocycles. The predicted octanol–water partition coefficient (Wildman–Crippen LogP) is 1.20. The van der Waals surface area contributed by atoms with E-state index in [-0.39, 0.29) is 13.2 Å². The van der Waals surface area contributed by atoms with E-state index in [1.165, 1.54) is 0 Å². The van der Waals surface area contributed by atoms with Crippen LogP contribution in [-0.2, 0) is 6.42 Å². The average Bonchev–Trinajstić information content (AvgIpc) is 2.67. The van der Waals surface area contributed by atoms with Crippen molar-refractivity contribution in [3.63, 3.8) is 0 Å². The third-order valence-corrected chi connectivity index (χ3v) is 2.55. The molecule has 3 heteroatoms. The standard InChI is InChI=1S/C10H16O3/c1-2-10(7-11,8-12)6-9-4-3-5-13-9/h3-5,11-12H,2,6-8H2,1H3. The van der Waals surface area contributed by atoms with Crippen molar-refractivity contribution < 1.29 is 14.6 Å². The van der Waals surface area contributed by atoms with Gasteiger partial charge in [0.25, 0.3) is 0 Å². The molecule has 1 rings (SSSR count). The van der Waals surface area contributed by atoms with Crippen LogP contribution in [-0.4, -0.2) is 23.4 Å². The highest BCUT2D eigenvalue weighted by atomic mass is 16.3. The molecular formula is C10H16O3. The molecule has 1 heterocycles. The lowest BCUT2D eigenvalue weighted by Gasteiger charge is -2.26. The highest BCUT2D eigenvalue weighted by Crippen LogP contribution is 2.26. The maximum atomic E-state index is 9.17. The monoisotopic (exact) mass is 184 g/mol. The van der Waals surface area contributed by atoms with E-state index in [9.17, 15) is 10.2 Å². The van der Waals surface area contributed by atoms with E-state index >= 15 is 0 Å². The zero-order valence-electron chi connectivity index (χ0n) is 7.86. The van der Waals surface area contributed by atoms with Crippen LogP contribution in [0.2, 0.25) is 0 Å². The van der Waals surface area contributed by atoms with Crippen LogP contribution in [0.4, 0.5) is 0 Å². The van der Waals surface area contributed by atoms with Gasteiger partial charge in [-0.05, 0) is 18.6 Å². The van der Waals surface area contributed by atoms with Crippen molar-refractivity contribution in [1.82, 2.24) is 0 Å². The zero-order valence-corrected chi connectivity index (χ0v) is 7.86. The van der Waals surface area contributed by atoms with Crippen LogP contribution in [0.1, 0.15) is 19.1 Å². The van der Waals surface area contributed by atoms with Gasteiger partial charge in [0.15, 0.2) is 0 Å². The molecule has 0 amide bonds. The SMILES string of the molecule is CCC(CO)(CO)Cc1ccco1. The summed E-state index contributed by atoms with van der Waals surface area (Å²) in [6, 6.07) is 3.67. The lowest BCUT2D eigenvalue weighted by molar-refractivity contribution is 0.0471. The summed E-state index contributed by atoms with van der Waals surface area (Å²) in [6.45, 7) is 1.93. The first-order valence-electron chi connectivity index (χ1n) is 4.50. The molecule has 0 unspecified atom stereocenters. The molecule has 0 aliphatic carbocycles. The third kappa shape index (κ3) is 2.32. The van der Waals surface area contributed by atoms with Crippen LogP contribution in [0.15, 0.2) is 22.8 Å². The number of hydrogen-bond acceptors (Lipinski definition) is 3. The van der Waals surface area contributed by atoms with Crippen molar-refractivity contribution in [2.24, 2.45) is 5.41 Å². The summed E-state index contributed by atoms with van der Waals surface area (Å²) in [5, 5.41) is 18.3. The Bertz CT molecular complexity index is 216. The Morgan fingerprint density at radius 1 is 1.38 bits per heavy atom. The highest BCUT2D eigenvalue weighted by Gasteiger charge is 2.27. The van der Waals surface area contributed by atoms with Gasteiger partial charge in [0.1, 0.15) is 5.76 Å². The summed E-state index contributed by atoms with van der Waals surface area (Å²) in [7, 11) is 0. The van der Waals surface area contributed by atoms with Crippen molar-refractivity contribution in [2.45, 2.75) is 19.8 Å². The summed E-state index contributed by atoms with van der Waals surface area (Å²) in [5.74, 6) is 0.810. The van der Waals surface area contributed by atoms with Crippen molar-refractivity contribution in [3.8, 4) is 0 Å². The van der Waals surface area contributed by atoms with Crippen molar-refractivity contribution in [1.29, 1.82) is 0 Å². The molecule has 13 heavy (non-hydrogen) atoms. The smallest absolute Gasteiger partial charge is 0.104 e. The fourth-order valence-electron chi connectivity index (χ4n) is 1.29. The minimum absolute atomic E-state index is 0.0132. The van der Waals surface area contributed by atoms with E-state index in [0.29, 0.717) is 6.42 Å². The minimum atomic E-state index is -0.433. The van der Waals surface area contributed by atoms with Gasteiger partial charge in [-0.2, -0.15) is 0 Å². The van der Waals surface area contributed by atoms with Crippen LogP contribution >= 0.6 is 0 Å². The second kappa shape index (κ2) is 4.44. The van der Waals surface area contributed by atoms with Gasteiger partial charge in [-0.3, -0.25) is 0 Å². The number of furan rings is 1. The molecule has 0 bridgehead atoms. The van der Waals surface area contributed by atoms with E-state index in [0.717, 1.165) is 12.2 Å². The Balaban J connectivity index is 2.67. The van der Waals surface area contributed by atoms with Crippen molar-refractivity contribution in [2.75, 3.05) is 13.2 Å². The molecular weight excluding hydrogens is 168 g/mol. The van der Waals surface area contributed by atoms with E-state index < -0.39 is 5.41 Å². The molecule has 0 saturated carbocycles. The first kappa shape index (κ1) is 10.3. The second-order valence-electron chi connectivity index (χ2n) is 3.43. The van der Waals surface area contributed by atoms with E-state index in [1.807, 2.05) is 19.1 Å². The summed E-state index contributed by atoms with van der Waals surface area (Å²) >= 11 is 0. The number of aliphatic hydroxyl groups excluding tert-OH is 2. The molecule has 3 nitrogen and oxygen atoms in total. The second-order valence-corrected chi connectivity index (χ2v) is 3.43. The maximum Gasteiger partial charge on any atom is 0.104 e. The van der Waals surface area contributed by atoms with Crippen LogP contribution in [0, 0.1) is 5.41 Å². The normalized spacial score (nSPS) is 11.9. The van der Waals surface area contributed by atoms with Gasteiger partial charge >= 0.3 is 0 Å². The molecule has 0 aliphatic rings. The first-order valence-corrected chi connectivity index (χ1v) is 4.50. The van der Waals surface area contributed by atoms with Gasteiger partial charge in [0.2, 0.25) is 0 Å². The Kier molecular flexibility index (Phi) is 3.51. The Morgan fingerprint density at radius 2 is 2.08 bits per heavy atom. The lowest BCUT2D eigenvalue weighted by atomic mass is 9.82. The quantitative estimate of drug-likeness (QED) is 0.723. The summed E-state index contributed by atoms with van der Waals surface area (Å²) in [5.41, 5.74) is -0.433. The summed E-state index contributed by atoms with van der Waals surface area (Å²) in [4.78, 5) is 0. The summed E-state index contributed by atoms with van der Waals surface area (Å²) in [6.07, 6.45) is 2.93. The predicted molar refractivity (Wildman–Crippen MR) is 49.3 cm³/mol. The van der Waals surface area contributed by atoms with E-state index in [1.54, 1.807) is 6.26 Å². The fraction of sp³-hybridized carbons (Fsp3) is 0.600. The molecule has 1 aromatic heterocycles. The van der Waals surface area contributed by atoms with Crippen molar-refractivity contribution >= 4 is 0 Å². The number of aliphatic hydroxyl groups is 2. The third-order valence-electron chi connectivity index (χ3n) is 2.55. The van der Waals surface area contributed by atoms with Gasteiger partial charge in [0.05, 0.1) is 19.5 Å². The summed E-state index contributed by atoms with van der Waals surface area (Å²) < 4.78 is 5.17. The molecule has 1 aromatic rings. The lowest BCUT2D eigenvalue weighted by Crippen LogP contribution is -2.31. The van der Waals surface area contributed by atoms with Crippen molar-refractivity contribution in [3.05, 3.63) is 24.2 Å². The topological polar surface area (TPSA) is 53.6 Å². The highest BCUT2D eigenvalue weighted by molar-refractivity contribution is 5.02. The maximum absolute atomic E-state index is 9.17. The Hall–Kier alpha value is -0.800.